The van der Waals surface area contributed by atoms with Crippen molar-refractivity contribution in [2.24, 2.45) is 5.92 Å². The lowest BCUT2D eigenvalue weighted by Crippen LogP contribution is -2.55. The highest BCUT2D eigenvalue weighted by Gasteiger charge is 2.35. The monoisotopic (exact) mass is 435 g/mol. The zero-order chi connectivity index (χ0) is 21.9. The third kappa shape index (κ3) is 4.89. The van der Waals surface area contributed by atoms with Gasteiger partial charge >= 0.3 is 0 Å². The molecule has 30 heavy (non-hydrogen) atoms. The Hall–Kier alpha value is -3.12. The zero-order valence-electron chi connectivity index (χ0n) is 16.3. The Morgan fingerprint density at radius 3 is 2.50 bits per heavy atom. The van der Waals surface area contributed by atoms with Crippen LogP contribution in [0.3, 0.4) is 0 Å². The van der Waals surface area contributed by atoms with Crippen molar-refractivity contribution in [2.45, 2.75) is 43.8 Å². The number of amides is 2. The third-order valence-electron chi connectivity index (χ3n) is 4.43. The standard InChI is InChI=1S/C18H21N5O6S/c1-10(2)15(23-30(27,28)11-6-4-3-5-7-11)17(25)20-12-8-13-21-22-14(29-13)9-19-18(26)16(12)24/h3-7,10,12,15,23H,8-9H2,1-2H3,(H,19,26)(H,20,25). The van der Waals surface area contributed by atoms with E-state index in [1.165, 1.54) is 12.1 Å². The van der Waals surface area contributed by atoms with E-state index in [2.05, 4.69) is 25.6 Å². The molecule has 2 heterocycles. The van der Waals surface area contributed by atoms with Crippen LogP contribution in [-0.2, 0) is 37.4 Å². The number of nitrogens with one attached hydrogen (secondary N) is 3. The number of aromatic nitrogens is 2. The molecular formula is C18H21N5O6S. The summed E-state index contributed by atoms with van der Waals surface area (Å²) >= 11 is 0. The largest absolute Gasteiger partial charge is 0.423 e. The van der Waals surface area contributed by atoms with Crippen molar-refractivity contribution in [1.82, 2.24) is 25.6 Å². The number of ketones is 1. The molecule has 2 amide bonds. The van der Waals surface area contributed by atoms with Crippen LogP contribution in [0.15, 0.2) is 39.6 Å². The van der Waals surface area contributed by atoms with E-state index in [4.69, 9.17) is 4.42 Å². The number of fused-ring (bicyclic) bond motifs is 2. The lowest BCUT2D eigenvalue weighted by Gasteiger charge is -2.24. The topological polar surface area (TPSA) is 160 Å². The summed E-state index contributed by atoms with van der Waals surface area (Å²) in [7, 11) is -3.98. The van der Waals surface area contributed by atoms with Gasteiger partial charge in [-0.05, 0) is 18.1 Å². The third-order valence-corrected chi connectivity index (χ3v) is 5.89. The van der Waals surface area contributed by atoms with Gasteiger partial charge in [-0.15, -0.1) is 10.2 Å². The molecule has 0 spiro atoms. The molecule has 2 aromatic rings. The Kier molecular flexibility index (Phi) is 6.27. The van der Waals surface area contributed by atoms with Gasteiger partial charge in [-0.1, -0.05) is 32.0 Å². The van der Waals surface area contributed by atoms with E-state index in [9.17, 15) is 22.8 Å². The van der Waals surface area contributed by atoms with E-state index in [1.54, 1.807) is 32.0 Å². The zero-order valence-corrected chi connectivity index (χ0v) is 17.1. The summed E-state index contributed by atoms with van der Waals surface area (Å²) in [4.78, 5) is 37.3. The van der Waals surface area contributed by atoms with Crippen molar-refractivity contribution < 1.29 is 27.2 Å². The van der Waals surface area contributed by atoms with Crippen LogP contribution < -0.4 is 15.4 Å². The molecule has 1 aromatic heterocycles. The molecule has 0 saturated carbocycles. The van der Waals surface area contributed by atoms with Crippen LogP contribution in [0.25, 0.3) is 0 Å². The quantitative estimate of drug-likeness (QED) is 0.502. The van der Waals surface area contributed by atoms with Crippen LogP contribution in [-0.4, -0.2) is 48.3 Å². The first kappa shape index (κ1) is 21.6. The van der Waals surface area contributed by atoms with Crippen LogP contribution in [0.1, 0.15) is 25.6 Å². The molecule has 0 saturated heterocycles. The highest BCUT2D eigenvalue weighted by molar-refractivity contribution is 7.89. The van der Waals surface area contributed by atoms with Crippen LogP contribution in [0, 0.1) is 5.92 Å². The minimum atomic E-state index is -3.98. The summed E-state index contributed by atoms with van der Waals surface area (Å²) in [6.07, 6.45) is -0.193. The SMILES string of the molecule is CC(C)C(NS(=O)(=O)c1ccccc1)C(=O)NC1Cc2nnc(o2)CNC(=O)C1=O. The van der Waals surface area contributed by atoms with E-state index in [0.717, 1.165) is 0 Å². The van der Waals surface area contributed by atoms with Crippen molar-refractivity contribution in [1.29, 1.82) is 0 Å². The number of carbonyl (C=O) groups is 3. The summed E-state index contributed by atoms with van der Waals surface area (Å²) in [6, 6.07) is 5.12. The Labute approximate surface area is 172 Å². The highest BCUT2D eigenvalue weighted by atomic mass is 32.2. The molecular weight excluding hydrogens is 414 g/mol. The minimum Gasteiger partial charge on any atom is -0.423 e. The predicted octanol–water partition coefficient (Wildman–Crippen LogP) is -0.701. The number of benzene rings is 1. The fraction of sp³-hybridized carbons (Fsp3) is 0.389. The van der Waals surface area contributed by atoms with Gasteiger partial charge in [0.15, 0.2) is 0 Å². The van der Waals surface area contributed by atoms with E-state index in [0.29, 0.717) is 0 Å². The Balaban J connectivity index is 1.80. The molecule has 2 bridgehead atoms. The van der Waals surface area contributed by atoms with Gasteiger partial charge in [0.2, 0.25) is 33.5 Å². The van der Waals surface area contributed by atoms with Crippen LogP contribution >= 0.6 is 0 Å². The molecule has 160 valence electrons. The second-order valence-electron chi connectivity index (χ2n) is 7.06. The van der Waals surface area contributed by atoms with E-state index in [-0.39, 0.29) is 29.6 Å². The number of nitrogens with zero attached hydrogens (tertiary/aromatic N) is 2. The smallest absolute Gasteiger partial charge is 0.290 e. The average Bonchev–Trinajstić information content (AvgIpc) is 3.17. The van der Waals surface area contributed by atoms with Gasteiger partial charge in [-0.2, -0.15) is 4.72 Å². The Bertz CT molecular complexity index is 1050. The average molecular weight is 435 g/mol. The molecule has 0 radical (unpaired) electrons. The molecule has 2 atom stereocenters. The minimum absolute atomic E-state index is 0.000245. The molecule has 3 N–H and O–H groups in total. The number of sulfonamides is 1. The lowest BCUT2D eigenvalue weighted by molar-refractivity contribution is -0.140. The molecule has 1 aliphatic heterocycles. The van der Waals surface area contributed by atoms with Gasteiger partial charge in [0.25, 0.3) is 5.91 Å². The molecule has 0 fully saturated rings. The van der Waals surface area contributed by atoms with Crippen molar-refractivity contribution in [3.8, 4) is 0 Å². The van der Waals surface area contributed by atoms with Gasteiger partial charge in [-0.25, -0.2) is 8.42 Å². The van der Waals surface area contributed by atoms with E-state index in [1.807, 2.05) is 0 Å². The van der Waals surface area contributed by atoms with Crippen molar-refractivity contribution in [2.75, 3.05) is 0 Å². The number of hydrogen-bond donors (Lipinski definition) is 3. The number of rotatable bonds is 6. The maximum atomic E-state index is 12.9. The maximum Gasteiger partial charge on any atom is 0.290 e. The highest BCUT2D eigenvalue weighted by Crippen LogP contribution is 2.13. The summed E-state index contributed by atoms with van der Waals surface area (Å²) in [5, 5.41) is 12.3. The van der Waals surface area contributed by atoms with Crippen LogP contribution in [0.5, 0.6) is 0 Å². The fourth-order valence-corrected chi connectivity index (χ4v) is 4.18. The molecule has 12 heteroatoms. The van der Waals surface area contributed by atoms with Gasteiger partial charge in [0.1, 0.15) is 12.1 Å². The second-order valence-corrected chi connectivity index (χ2v) is 8.77. The van der Waals surface area contributed by atoms with Crippen LogP contribution in [0.4, 0.5) is 0 Å². The second kappa shape index (κ2) is 8.71. The predicted molar refractivity (Wildman–Crippen MR) is 102 cm³/mol. The van der Waals surface area contributed by atoms with Gasteiger partial charge in [0, 0.05) is 0 Å². The van der Waals surface area contributed by atoms with E-state index < -0.39 is 45.6 Å². The first-order valence-corrected chi connectivity index (χ1v) is 10.7. The fourth-order valence-electron chi connectivity index (χ4n) is 2.82. The Morgan fingerprint density at radius 1 is 1.17 bits per heavy atom. The summed E-state index contributed by atoms with van der Waals surface area (Å²) < 4.78 is 32.9. The first-order chi connectivity index (χ1) is 14.2. The van der Waals surface area contributed by atoms with E-state index >= 15 is 0 Å². The number of carbonyl (C=O) groups excluding carboxylic acids is 3. The molecule has 1 aliphatic rings. The van der Waals surface area contributed by atoms with Gasteiger partial charge < -0.3 is 15.1 Å². The normalized spacial score (nSPS) is 18.2. The molecule has 0 aliphatic carbocycles. The van der Waals surface area contributed by atoms with Crippen molar-refractivity contribution in [3.05, 3.63) is 42.1 Å². The Morgan fingerprint density at radius 2 is 1.83 bits per heavy atom. The van der Waals surface area contributed by atoms with Crippen molar-refractivity contribution in [3.63, 3.8) is 0 Å². The summed E-state index contributed by atoms with van der Waals surface area (Å²) in [6.45, 7) is 3.20. The molecule has 2 unspecified atom stereocenters. The maximum absolute atomic E-state index is 12.9. The first-order valence-electron chi connectivity index (χ1n) is 9.18. The molecule has 1 aromatic carbocycles. The summed E-state index contributed by atoms with van der Waals surface area (Å²) in [5.74, 6) is -2.80. The van der Waals surface area contributed by atoms with Gasteiger partial charge in [-0.3, -0.25) is 14.4 Å². The lowest BCUT2D eigenvalue weighted by atomic mass is 10.0. The molecule has 3 rings (SSSR count). The number of hydrogen-bond acceptors (Lipinski definition) is 8. The number of Topliss-reactive ketones (excluding diaryl/α,β-unsaturated/α-hetero) is 1. The summed E-state index contributed by atoms with van der Waals surface area (Å²) in [5.41, 5.74) is 0. The van der Waals surface area contributed by atoms with Crippen molar-refractivity contribution >= 4 is 27.6 Å². The van der Waals surface area contributed by atoms with Gasteiger partial charge in [0.05, 0.1) is 17.9 Å². The van der Waals surface area contributed by atoms with Crippen LogP contribution in [0.2, 0.25) is 0 Å². The molecule has 11 nitrogen and oxygen atoms in total.